The number of aryl methyl sites for hydroxylation is 1. The molecule has 174 valence electrons. The molecular formula is C24H34IN5O2. The maximum atomic E-state index is 6.08. The van der Waals surface area contributed by atoms with Crippen molar-refractivity contribution in [2.75, 3.05) is 51.3 Å². The minimum absolute atomic E-state index is 0. The minimum Gasteiger partial charge on any atom is -0.375 e. The Morgan fingerprint density at radius 1 is 1.16 bits per heavy atom. The Morgan fingerprint density at radius 2 is 1.97 bits per heavy atom. The Hall–Kier alpha value is -1.91. The summed E-state index contributed by atoms with van der Waals surface area (Å²) in [5, 5.41) is 3.53. The first-order valence-electron chi connectivity index (χ1n) is 11.1. The molecule has 2 saturated heterocycles. The Bertz CT molecular complexity index is 909. The number of halogens is 1. The maximum Gasteiger partial charge on any atom is 0.194 e. The summed E-state index contributed by atoms with van der Waals surface area (Å²) in [6.45, 7) is 9.76. The first-order chi connectivity index (χ1) is 15.1. The van der Waals surface area contributed by atoms with Crippen molar-refractivity contribution >= 4 is 35.8 Å². The summed E-state index contributed by atoms with van der Waals surface area (Å²) in [6, 6.07) is 12.7. The number of ether oxygens (including phenoxy) is 2. The van der Waals surface area contributed by atoms with Crippen LogP contribution in [0.2, 0.25) is 0 Å². The van der Waals surface area contributed by atoms with Gasteiger partial charge in [0.15, 0.2) is 5.96 Å². The molecule has 2 fully saturated rings. The van der Waals surface area contributed by atoms with E-state index in [-0.39, 0.29) is 36.2 Å². The predicted molar refractivity (Wildman–Crippen MR) is 139 cm³/mol. The van der Waals surface area contributed by atoms with E-state index >= 15 is 0 Å². The molecule has 0 amide bonds. The second-order valence-electron chi connectivity index (χ2n) is 8.21. The number of rotatable bonds is 4. The van der Waals surface area contributed by atoms with Crippen molar-refractivity contribution in [3.8, 4) is 0 Å². The van der Waals surface area contributed by atoms with E-state index < -0.39 is 0 Å². The van der Waals surface area contributed by atoms with Crippen molar-refractivity contribution in [3.63, 3.8) is 0 Å². The number of guanidine groups is 1. The number of aliphatic imine (C=N–C) groups is 1. The topological polar surface area (TPSA) is 62.2 Å². The van der Waals surface area contributed by atoms with Crippen LogP contribution in [0.5, 0.6) is 0 Å². The Labute approximate surface area is 208 Å². The van der Waals surface area contributed by atoms with Gasteiger partial charge in [0.1, 0.15) is 11.9 Å². The lowest BCUT2D eigenvalue weighted by Gasteiger charge is -2.36. The molecule has 0 saturated carbocycles. The molecule has 2 unspecified atom stereocenters. The molecule has 1 aromatic heterocycles. The average molecular weight is 551 g/mol. The fraction of sp³-hybridized carbons (Fsp3) is 0.500. The molecule has 2 aromatic rings. The molecule has 0 aliphatic carbocycles. The Balaban J connectivity index is 0.00000289. The van der Waals surface area contributed by atoms with Crippen molar-refractivity contribution in [1.82, 2.24) is 15.2 Å². The van der Waals surface area contributed by atoms with Gasteiger partial charge in [0.25, 0.3) is 0 Å². The van der Waals surface area contributed by atoms with Crippen molar-refractivity contribution in [1.29, 1.82) is 0 Å². The van der Waals surface area contributed by atoms with E-state index in [1.54, 1.807) is 0 Å². The van der Waals surface area contributed by atoms with Gasteiger partial charge in [0.05, 0.1) is 25.9 Å². The Morgan fingerprint density at radius 3 is 2.75 bits per heavy atom. The van der Waals surface area contributed by atoms with E-state index in [4.69, 9.17) is 9.47 Å². The van der Waals surface area contributed by atoms with Gasteiger partial charge in [-0.1, -0.05) is 24.3 Å². The van der Waals surface area contributed by atoms with Gasteiger partial charge >= 0.3 is 0 Å². The number of nitrogens with one attached hydrogen (secondary N) is 1. The SMILES string of the molecule is CN=C(NCc1ccnc(N2CCOC(C)C2)c1)N1CCOC(c2ccccc2C)C1.I. The van der Waals surface area contributed by atoms with E-state index in [1.807, 2.05) is 13.2 Å². The standard InChI is InChI=1S/C24H33N5O2.HI/c1-18-6-4-5-7-21(18)22-17-29(11-13-31-22)24(25-3)27-15-20-8-9-26-23(14-20)28-10-12-30-19(2)16-28;/h4-9,14,19,22H,10-13,15-17H2,1-3H3,(H,25,27);1H. The maximum absolute atomic E-state index is 6.08. The van der Waals surface area contributed by atoms with Gasteiger partial charge < -0.3 is 24.6 Å². The van der Waals surface area contributed by atoms with Crippen molar-refractivity contribution in [3.05, 3.63) is 59.3 Å². The molecule has 0 radical (unpaired) electrons. The van der Waals surface area contributed by atoms with E-state index in [1.165, 1.54) is 16.7 Å². The molecular weight excluding hydrogens is 517 g/mol. The van der Waals surface area contributed by atoms with Gasteiger partial charge in [-0.3, -0.25) is 4.99 Å². The van der Waals surface area contributed by atoms with Crippen molar-refractivity contribution in [2.45, 2.75) is 32.6 Å². The largest absolute Gasteiger partial charge is 0.375 e. The van der Waals surface area contributed by atoms with Crippen LogP contribution in [-0.2, 0) is 16.0 Å². The predicted octanol–water partition coefficient (Wildman–Crippen LogP) is 3.38. The third-order valence-electron chi connectivity index (χ3n) is 5.94. The highest BCUT2D eigenvalue weighted by Gasteiger charge is 2.25. The molecule has 2 aliphatic rings. The van der Waals surface area contributed by atoms with Crippen LogP contribution >= 0.6 is 24.0 Å². The summed E-state index contributed by atoms with van der Waals surface area (Å²) < 4.78 is 11.7. The van der Waals surface area contributed by atoms with Crippen LogP contribution in [0.15, 0.2) is 47.6 Å². The fourth-order valence-electron chi connectivity index (χ4n) is 4.26. The third-order valence-corrected chi connectivity index (χ3v) is 5.94. The van der Waals surface area contributed by atoms with Crippen LogP contribution in [0, 0.1) is 6.92 Å². The van der Waals surface area contributed by atoms with Crippen LogP contribution in [0.1, 0.15) is 29.7 Å². The number of nitrogens with zero attached hydrogens (tertiary/aromatic N) is 4. The van der Waals surface area contributed by atoms with Gasteiger partial charge in [-0.25, -0.2) is 4.98 Å². The number of hydrogen-bond acceptors (Lipinski definition) is 5. The zero-order valence-electron chi connectivity index (χ0n) is 19.2. The van der Waals surface area contributed by atoms with Gasteiger partial charge in [-0.2, -0.15) is 0 Å². The molecule has 2 aliphatic heterocycles. The van der Waals surface area contributed by atoms with Crippen LogP contribution in [0.4, 0.5) is 5.82 Å². The summed E-state index contributed by atoms with van der Waals surface area (Å²) >= 11 is 0. The average Bonchev–Trinajstić information content (AvgIpc) is 2.80. The first kappa shape index (κ1) is 24.7. The highest BCUT2D eigenvalue weighted by Crippen LogP contribution is 2.25. The molecule has 4 rings (SSSR count). The van der Waals surface area contributed by atoms with Gasteiger partial charge in [0.2, 0.25) is 0 Å². The molecule has 8 heteroatoms. The molecule has 1 aromatic carbocycles. The zero-order valence-corrected chi connectivity index (χ0v) is 21.5. The molecule has 0 spiro atoms. The lowest BCUT2D eigenvalue weighted by atomic mass is 10.0. The van der Waals surface area contributed by atoms with E-state index in [2.05, 4.69) is 75.3 Å². The summed E-state index contributed by atoms with van der Waals surface area (Å²) in [6.07, 6.45) is 2.18. The summed E-state index contributed by atoms with van der Waals surface area (Å²) in [5.74, 6) is 1.91. The first-order valence-corrected chi connectivity index (χ1v) is 11.1. The van der Waals surface area contributed by atoms with Crippen molar-refractivity contribution in [2.24, 2.45) is 4.99 Å². The quantitative estimate of drug-likeness (QED) is 0.357. The molecule has 32 heavy (non-hydrogen) atoms. The van der Waals surface area contributed by atoms with Gasteiger partial charge in [0, 0.05) is 39.4 Å². The van der Waals surface area contributed by atoms with Crippen molar-refractivity contribution < 1.29 is 9.47 Å². The third kappa shape index (κ3) is 6.11. The normalized spacial score (nSPS) is 21.8. The Kier molecular flexibility index (Phi) is 9.12. The number of anilines is 1. The highest BCUT2D eigenvalue weighted by molar-refractivity contribution is 14.0. The van der Waals surface area contributed by atoms with E-state index in [0.717, 1.165) is 44.6 Å². The summed E-state index contributed by atoms with van der Waals surface area (Å²) in [5.41, 5.74) is 3.70. The monoisotopic (exact) mass is 551 g/mol. The molecule has 1 N–H and O–H groups in total. The van der Waals surface area contributed by atoms with E-state index in [9.17, 15) is 0 Å². The number of aromatic nitrogens is 1. The summed E-state index contributed by atoms with van der Waals surface area (Å²) in [4.78, 5) is 13.7. The smallest absolute Gasteiger partial charge is 0.194 e. The second kappa shape index (κ2) is 11.8. The molecule has 7 nitrogen and oxygen atoms in total. The molecule has 2 atom stereocenters. The minimum atomic E-state index is 0. The molecule has 3 heterocycles. The highest BCUT2D eigenvalue weighted by atomic mass is 127. The van der Waals surface area contributed by atoms with Crippen LogP contribution in [0.3, 0.4) is 0 Å². The van der Waals surface area contributed by atoms with Crippen LogP contribution < -0.4 is 10.2 Å². The lowest BCUT2D eigenvalue weighted by Crippen LogP contribution is -2.48. The fourth-order valence-corrected chi connectivity index (χ4v) is 4.26. The number of morpholine rings is 2. The van der Waals surface area contributed by atoms with Gasteiger partial charge in [-0.05, 0) is 42.7 Å². The summed E-state index contributed by atoms with van der Waals surface area (Å²) in [7, 11) is 1.84. The van der Waals surface area contributed by atoms with Crippen LogP contribution in [0.25, 0.3) is 0 Å². The number of benzene rings is 1. The van der Waals surface area contributed by atoms with E-state index in [0.29, 0.717) is 13.2 Å². The lowest BCUT2D eigenvalue weighted by molar-refractivity contribution is -0.00833. The molecule has 0 bridgehead atoms. The van der Waals surface area contributed by atoms with Crippen LogP contribution in [-0.4, -0.2) is 68.4 Å². The zero-order chi connectivity index (χ0) is 21.6. The number of hydrogen-bond donors (Lipinski definition) is 1. The number of pyridine rings is 1. The second-order valence-corrected chi connectivity index (χ2v) is 8.21. The van der Waals surface area contributed by atoms with Gasteiger partial charge in [-0.15, -0.1) is 24.0 Å².